The van der Waals surface area contributed by atoms with Crippen molar-refractivity contribution in [3.05, 3.63) is 65.5 Å². The zero-order chi connectivity index (χ0) is 30.8. The summed E-state index contributed by atoms with van der Waals surface area (Å²) < 4.78 is 11.6. The van der Waals surface area contributed by atoms with Crippen molar-refractivity contribution >= 4 is 29.9 Å². The van der Waals surface area contributed by atoms with Gasteiger partial charge in [0.25, 0.3) is 5.91 Å². The highest BCUT2D eigenvalue weighted by Gasteiger charge is 2.38. The number of hydrogen-bond donors (Lipinski definition) is 1. The van der Waals surface area contributed by atoms with Gasteiger partial charge in [0.15, 0.2) is 5.60 Å². The van der Waals surface area contributed by atoms with Gasteiger partial charge in [0.2, 0.25) is 5.91 Å². The van der Waals surface area contributed by atoms with Gasteiger partial charge in [0, 0.05) is 69.2 Å². The minimum atomic E-state index is -0.966. The fourth-order valence-electron chi connectivity index (χ4n) is 6.62. The Morgan fingerprint density at radius 2 is 1.78 bits per heavy atom. The summed E-state index contributed by atoms with van der Waals surface area (Å²) in [6.07, 6.45) is 3.99. The normalized spacial score (nSPS) is 18.7. The maximum absolute atomic E-state index is 14.0. The van der Waals surface area contributed by atoms with Gasteiger partial charge in [-0.3, -0.25) is 9.59 Å². The highest BCUT2D eigenvalue weighted by atomic mass is 35.5. The Bertz CT molecular complexity index is 1460. The van der Waals surface area contributed by atoms with Gasteiger partial charge < -0.3 is 29.3 Å². The minimum absolute atomic E-state index is 0. The number of aromatic nitrogens is 1. The number of halogens is 1. The van der Waals surface area contributed by atoms with Crippen LogP contribution >= 0.6 is 12.4 Å². The predicted octanol–water partition coefficient (Wildman–Crippen LogP) is 5.38. The van der Waals surface area contributed by atoms with E-state index in [1.54, 1.807) is 0 Å². The van der Waals surface area contributed by atoms with Crippen LogP contribution in [0.15, 0.2) is 53.1 Å². The molecule has 6 rings (SSSR count). The molecule has 2 amide bonds. The van der Waals surface area contributed by atoms with Crippen molar-refractivity contribution in [2.24, 2.45) is 5.92 Å². The van der Waals surface area contributed by atoms with Crippen LogP contribution in [0.2, 0.25) is 0 Å². The average Bonchev–Trinajstić information content (AvgIpc) is 3.83. The molecule has 2 aromatic carbocycles. The van der Waals surface area contributed by atoms with E-state index in [9.17, 15) is 9.59 Å². The molecule has 3 fully saturated rings. The van der Waals surface area contributed by atoms with E-state index in [2.05, 4.69) is 50.6 Å². The van der Waals surface area contributed by atoms with Crippen molar-refractivity contribution in [2.75, 3.05) is 44.2 Å². The molecule has 45 heavy (non-hydrogen) atoms. The van der Waals surface area contributed by atoms with Crippen LogP contribution in [0.25, 0.3) is 11.1 Å². The third-order valence-electron chi connectivity index (χ3n) is 9.15. The number of aryl methyl sites for hydroxylation is 2. The van der Waals surface area contributed by atoms with Crippen molar-refractivity contribution in [1.29, 1.82) is 0 Å². The molecule has 3 heterocycles. The second-order valence-corrected chi connectivity index (χ2v) is 13.0. The Labute approximate surface area is 272 Å². The van der Waals surface area contributed by atoms with Gasteiger partial charge in [-0.15, -0.1) is 12.4 Å². The number of carbonyl (C=O) groups is 2. The Hall–Kier alpha value is -3.56. The molecule has 1 saturated carbocycles. The molecule has 0 unspecified atom stereocenters. The van der Waals surface area contributed by atoms with Gasteiger partial charge in [0.1, 0.15) is 11.5 Å². The van der Waals surface area contributed by atoms with E-state index in [0.717, 1.165) is 79.1 Å². The molecule has 2 saturated heterocycles. The van der Waals surface area contributed by atoms with Gasteiger partial charge >= 0.3 is 0 Å². The van der Waals surface area contributed by atoms with E-state index in [1.165, 1.54) is 0 Å². The highest BCUT2D eigenvalue weighted by Crippen LogP contribution is 2.34. The van der Waals surface area contributed by atoms with Crippen molar-refractivity contribution in [3.63, 3.8) is 0 Å². The summed E-state index contributed by atoms with van der Waals surface area (Å²) in [4.78, 5) is 33.5. The summed E-state index contributed by atoms with van der Waals surface area (Å²) in [5.74, 6) is 1.69. The molecule has 0 spiro atoms. The first-order chi connectivity index (χ1) is 21.2. The van der Waals surface area contributed by atoms with Crippen LogP contribution in [0.1, 0.15) is 56.5 Å². The molecule has 1 atom stereocenters. The fraction of sp³-hybridized carbons (Fsp3) is 0.514. The second kappa shape index (κ2) is 13.8. The molecule has 3 aliphatic rings. The second-order valence-electron chi connectivity index (χ2n) is 13.0. The predicted molar refractivity (Wildman–Crippen MR) is 178 cm³/mol. The summed E-state index contributed by atoms with van der Waals surface area (Å²) in [6, 6.07) is 16.8. The molecular formula is C35H46ClN5O4. The van der Waals surface area contributed by atoms with Crippen LogP contribution in [-0.4, -0.2) is 77.7 Å². The average molecular weight is 636 g/mol. The lowest BCUT2D eigenvalue weighted by Crippen LogP contribution is -2.54. The quantitative estimate of drug-likeness (QED) is 0.338. The van der Waals surface area contributed by atoms with Gasteiger partial charge in [-0.25, -0.2) is 0 Å². The van der Waals surface area contributed by atoms with E-state index in [4.69, 9.17) is 9.26 Å². The minimum Gasteiger partial charge on any atom is -0.478 e. The zero-order valence-electron chi connectivity index (χ0n) is 26.9. The largest absolute Gasteiger partial charge is 0.478 e. The molecule has 9 nitrogen and oxygen atoms in total. The van der Waals surface area contributed by atoms with Crippen LogP contribution in [-0.2, 0) is 16.1 Å². The lowest BCUT2D eigenvalue weighted by molar-refractivity contribution is -0.146. The van der Waals surface area contributed by atoms with Crippen molar-refractivity contribution in [3.8, 4) is 16.9 Å². The summed E-state index contributed by atoms with van der Waals surface area (Å²) in [5.41, 5.74) is 4.20. The molecule has 3 aromatic rings. The zero-order valence-corrected chi connectivity index (χ0v) is 27.7. The van der Waals surface area contributed by atoms with Gasteiger partial charge in [-0.05, 0) is 76.6 Å². The number of hydrogen-bond acceptors (Lipinski definition) is 7. The van der Waals surface area contributed by atoms with Crippen LogP contribution < -0.4 is 15.0 Å². The van der Waals surface area contributed by atoms with Gasteiger partial charge in [-0.1, -0.05) is 35.5 Å². The van der Waals surface area contributed by atoms with E-state index in [-0.39, 0.29) is 30.1 Å². The Kier molecular flexibility index (Phi) is 10.1. The van der Waals surface area contributed by atoms with Crippen molar-refractivity contribution in [2.45, 2.75) is 71.6 Å². The molecule has 0 radical (unpaired) electrons. The number of piperidine rings is 1. The number of nitrogens with one attached hydrogen (secondary N) is 1. The summed E-state index contributed by atoms with van der Waals surface area (Å²) in [6.45, 7) is 12.8. The third kappa shape index (κ3) is 7.47. The fourth-order valence-corrected chi connectivity index (χ4v) is 6.62. The molecule has 0 bridgehead atoms. The van der Waals surface area contributed by atoms with Crippen LogP contribution in [0, 0.1) is 19.8 Å². The molecule has 1 aliphatic carbocycles. The number of nitrogens with zero attached hydrogens (tertiary/aromatic N) is 4. The van der Waals surface area contributed by atoms with Crippen LogP contribution in [0.5, 0.6) is 5.75 Å². The van der Waals surface area contributed by atoms with E-state index >= 15 is 0 Å². The number of carbonyl (C=O) groups excluding carboxylic acids is 2. The number of anilines is 1. The maximum atomic E-state index is 14.0. The Morgan fingerprint density at radius 3 is 2.44 bits per heavy atom. The number of benzene rings is 2. The van der Waals surface area contributed by atoms with E-state index in [1.807, 2.05) is 50.8 Å². The van der Waals surface area contributed by atoms with Crippen molar-refractivity contribution in [1.82, 2.24) is 20.3 Å². The number of ether oxygens (including phenoxy) is 1. The van der Waals surface area contributed by atoms with E-state index < -0.39 is 5.60 Å². The van der Waals surface area contributed by atoms with Crippen LogP contribution in [0.3, 0.4) is 0 Å². The molecular weight excluding hydrogens is 590 g/mol. The number of amides is 2. The molecule has 1 aromatic heterocycles. The number of piperazine rings is 1. The standard InChI is InChI=1S/C35H45N5O4.ClH/c1-24-32(25(2)44-37-24)27-12-10-26(11-13-27)22-40(29-14-15-29)33(41)28-7-6-18-39(23-28)30-8-5-9-31(21-30)43-35(3,4)34(42)38-19-16-36-17-20-38;/h5,8-13,21,28-29,36H,6-7,14-20,22-23H2,1-4H3;1H/t28-;/m1./s1. The first-order valence-corrected chi connectivity index (χ1v) is 16.1. The lowest BCUT2D eigenvalue weighted by atomic mass is 9.95. The molecule has 242 valence electrons. The van der Waals surface area contributed by atoms with Crippen molar-refractivity contribution < 1.29 is 18.8 Å². The molecule has 2 aliphatic heterocycles. The Balaban J connectivity index is 0.00000400. The summed E-state index contributed by atoms with van der Waals surface area (Å²) >= 11 is 0. The Morgan fingerprint density at radius 1 is 1.04 bits per heavy atom. The first kappa shape index (κ1) is 32.8. The maximum Gasteiger partial charge on any atom is 0.266 e. The molecule has 10 heteroatoms. The SMILES string of the molecule is Cc1noc(C)c1-c1ccc(CN(C(=O)[C@@H]2CCCN(c3cccc(OC(C)(C)C(=O)N4CCNCC4)c3)C2)C2CC2)cc1.Cl. The summed E-state index contributed by atoms with van der Waals surface area (Å²) in [7, 11) is 0. The van der Waals surface area contributed by atoms with E-state index in [0.29, 0.717) is 38.0 Å². The first-order valence-electron chi connectivity index (χ1n) is 16.1. The number of rotatable bonds is 9. The monoisotopic (exact) mass is 635 g/mol. The highest BCUT2D eigenvalue weighted by molar-refractivity contribution is 5.85. The van der Waals surface area contributed by atoms with Crippen LogP contribution in [0.4, 0.5) is 5.69 Å². The smallest absolute Gasteiger partial charge is 0.266 e. The summed E-state index contributed by atoms with van der Waals surface area (Å²) in [5, 5.41) is 7.38. The van der Waals surface area contributed by atoms with Gasteiger partial charge in [-0.2, -0.15) is 0 Å². The molecule has 1 N–H and O–H groups in total. The van der Waals surface area contributed by atoms with Gasteiger partial charge in [0.05, 0.1) is 11.6 Å². The third-order valence-corrected chi connectivity index (χ3v) is 9.15. The lowest BCUT2D eigenvalue weighted by Gasteiger charge is -2.37. The topological polar surface area (TPSA) is 91.1 Å².